The lowest BCUT2D eigenvalue weighted by Gasteiger charge is -1.82. The first-order valence-corrected chi connectivity index (χ1v) is 2.96. The first-order chi connectivity index (χ1) is 4.31. The highest BCUT2D eigenvalue weighted by Crippen LogP contribution is 1.87. The van der Waals surface area contributed by atoms with Gasteiger partial charge in [-0.2, -0.15) is 0 Å². The highest BCUT2D eigenvalue weighted by atomic mass is 16.3. The van der Waals surface area contributed by atoms with Crippen LogP contribution in [0.2, 0.25) is 0 Å². The molecule has 0 heterocycles. The summed E-state index contributed by atoms with van der Waals surface area (Å²) in [6.45, 7) is 1.93. The van der Waals surface area contributed by atoms with Crippen LogP contribution < -0.4 is 0 Å². The van der Waals surface area contributed by atoms with E-state index in [0.717, 1.165) is 0 Å². The van der Waals surface area contributed by atoms with E-state index in [-0.39, 0.29) is 0 Å². The summed E-state index contributed by atoms with van der Waals surface area (Å²) in [6.07, 6.45) is 7.19. The van der Waals surface area contributed by atoms with Crippen LogP contribution in [0.3, 0.4) is 0 Å². The van der Waals surface area contributed by atoms with Gasteiger partial charge in [0.25, 0.3) is 0 Å². The second-order valence-electron chi connectivity index (χ2n) is 1.60. The Hall–Kier alpha value is -0.915. The number of rotatable bonds is 2. The largest absolute Gasteiger partial charge is 0.509 e. The molecule has 0 aliphatic heterocycles. The predicted octanol–water partition coefficient (Wildman–Crippen LogP) is 1.15. The third-order valence-electron chi connectivity index (χ3n) is 0.866. The number of hydrogen-bond donors (Lipinski definition) is 1. The van der Waals surface area contributed by atoms with Gasteiger partial charge in [0.05, 0.1) is 0 Å². The van der Waals surface area contributed by atoms with Crippen molar-refractivity contribution in [3.63, 3.8) is 0 Å². The van der Waals surface area contributed by atoms with Crippen molar-refractivity contribution in [1.82, 2.24) is 0 Å². The number of hydrogen-bond acceptors (Lipinski definition) is 1. The topological polar surface area (TPSA) is 20.2 Å². The molecule has 9 heavy (non-hydrogen) atoms. The van der Waals surface area contributed by atoms with Gasteiger partial charge in [-0.05, 0) is 13.0 Å². The third kappa shape index (κ3) is 4.95. The average Bonchev–Trinajstić information content (AvgIpc) is 1.89. The van der Waals surface area contributed by atoms with E-state index in [1.165, 1.54) is 0 Å². The molecular weight excluding hydrogens is 111 g/mol. The molecule has 0 aliphatic carbocycles. The molecular formula is C7H11BO. The zero-order chi connectivity index (χ0) is 7.11. The minimum absolute atomic E-state index is 0.299. The van der Waals surface area contributed by atoms with Gasteiger partial charge >= 0.3 is 0 Å². The van der Waals surface area contributed by atoms with Crippen LogP contribution in [0.25, 0.3) is 0 Å². The van der Waals surface area contributed by atoms with Crippen molar-refractivity contribution >= 4 is 7.85 Å². The summed E-state index contributed by atoms with van der Waals surface area (Å²) in [4.78, 5) is 0. The van der Waals surface area contributed by atoms with Gasteiger partial charge in [-0.3, -0.25) is 0 Å². The van der Waals surface area contributed by atoms with Crippen LogP contribution in [0, 0.1) is 0 Å². The van der Waals surface area contributed by atoms with Gasteiger partial charge in [0, 0.05) is 0 Å². The minimum atomic E-state index is 0.299. The molecule has 0 radical (unpaired) electrons. The Labute approximate surface area is 56.8 Å². The smallest absolute Gasteiger partial charge is 0.134 e. The fraction of sp³-hybridized carbons (Fsp3) is 0.143. The summed E-state index contributed by atoms with van der Waals surface area (Å²) in [6, 6.07) is 0. The standard InChI is InChI=1S/C7H11BO/c1-2-3-4-5-7(9)6-8/h2-6,9H,8H2,1H3/b3-2-,5-4-,7-6-. The molecule has 1 nitrogen and oxygen atoms in total. The lowest BCUT2D eigenvalue weighted by atomic mass is 10.1. The quantitative estimate of drug-likeness (QED) is 0.331. The van der Waals surface area contributed by atoms with Crippen molar-refractivity contribution in [3.8, 4) is 0 Å². The summed E-state index contributed by atoms with van der Waals surface area (Å²) in [5.41, 5.74) is 0. The van der Waals surface area contributed by atoms with E-state index in [2.05, 4.69) is 0 Å². The zero-order valence-electron chi connectivity index (χ0n) is 5.83. The van der Waals surface area contributed by atoms with Crippen LogP contribution in [-0.4, -0.2) is 13.0 Å². The molecule has 0 fully saturated rings. The van der Waals surface area contributed by atoms with E-state index < -0.39 is 0 Å². The molecule has 0 aromatic carbocycles. The summed E-state index contributed by atoms with van der Waals surface area (Å²) >= 11 is 0. The number of allylic oxidation sites excluding steroid dienone is 4. The maximum absolute atomic E-state index is 8.82. The lowest BCUT2D eigenvalue weighted by Crippen LogP contribution is -1.70. The normalized spacial score (nSPS) is 13.7. The molecule has 0 atom stereocenters. The SMILES string of the molecule is B/C=C(O)/C=C\C=C/C. The molecule has 0 aromatic rings. The number of aliphatic hydroxyl groups excluding tert-OH is 1. The fourth-order valence-corrected chi connectivity index (χ4v) is 0.361. The van der Waals surface area contributed by atoms with Crippen molar-refractivity contribution in [2.24, 2.45) is 0 Å². The molecule has 0 aromatic heterocycles. The first kappa shape index (κ1) is 8.08. The molecule has 1 N–H and O–H groups in total. The molecule has 0 bridgehead atoms. The third-order valence-corrected chi connectivity index (χ3v) is 0.866. The van der Waals surface area contributed by atoms with E-state index >= 15 is 0 Å². The molecule has 0 amide bonds. The molecule has 0 saturated carbocycles. The zero-order valence-corrected chi connectivity index (χ0v) is 5.83. The Bertz CT molecular complexity index is 145. The van der Waals surface area contributed by atoms with Gasteiger partial charge in [-0.25, -0.2) is 0 Å². The van der Waals surface area contributed by atoms with Gasteiger partial charge in [-0.1, -0.05) is 24.2 Å². The summed E-state index contributed by atoms with van der Waals surface area (Å²) in [5.74, 6) is 1.94. The van der Waals surface area contributed by atoms with Crippen molar-refractivity contribution in [2.45, 2.75) is 6.92 Å². The Kier molecular flexibility index (Phi) is 4.69. The molecule has 2 heteroatoms. The van der Waals surface area contributed by atoms with Gasteiger partial charge in [-0.15, -0.1) is 0 Å². The molecule has 0 aliphatic rings. The highest BCUT2D eigenvalue weighted by Gasteiger charge is 1.74. The van der Waals surface area contributed by atoms with Crippen LogP contribution in [-0.2, 0) is 0 Å². The van der Waals surface area contributed by atoms with E-state index in [1.54, 1.807) is 26.0 Å². The van der Waals surface area contributed by atoms with Crippen LogP contribution in [0.15, 0.2) is 36.0 Å². The Morgan fingerprint density at radius 3 is 2.56 bits per heavy atom. The van der Waals surface area contributed by atoms with Crippen molar-refractivity contribution in [3.05, 3.63) is 36.0 Å². The van der Waals surface area contributed by atoms with E-state index in [4.69, 9.17) is 5.11 Å². The Morgan fingerprint density at radius 2 is 2.11 bits per heavy atom. The van der Waals surface area contributed by atoms with Crippen molar-refractivity contribution < 1.29 is 5.11 Å². The molecule has 48 valence electrons. The predicted molar refractivity (Wildman–Crippen MR) is 43.2 cm³/mol. The summed E-state index contributed by atoms with van der Waals surface area (Å²) in [7, 11) is 1.79. The van der Waals surface area contributed by atoms with Crippen LogP contribution in [0.4, 0.5) is 0 Å². The van der Waals surface area contributed by atoms with Crippen LogP contribution >= 0.6 is 0 Å². The first-order valence-electron chi connectivity index (χ1n) is 2.96. The highest BCUT2D eigenvalue weighted by molar-refractivity contribution is 6.17. The Balaban J connectivity index is 3.71. The second-order valence-corrected chi connectivity index (χ2v) is 1.60. The van der Waals surface area contributed by atoms with E-state index in [0.29, 0.717) is 5.76 Å². The minimum Gasteiger partial charge on any atom is -0.509 e. The maximum Gasteiger partial charge on any atom is 0.134 e. The van der Waals surface area contributed by atoms with Crippen molar-refractivity contribution in [1.29, 1.82) is 0 Å². The van der Waals surface area contributed by atoms with Crippen molar-refractivity contribution in [2.75, 3.05) is 0 Å². The summed E-state index contributed by atoms with van der Waals surface area (Å²) in [5, 5.41) is 8.82. The van der Waals surface area contributed by atoms with E-state index in [1.807, 2.05) is 19.1 Å². The molecule has 0 spiro atoms. The van der Waals surface area contributed by atoms with Gasteiger partial charge in [0.15, 0.2) is 0 Å². The maximum atomic E-state index is 8.82. The fourth-order valence-electron chi connectivity index (χ4n) is 0.361. The average molecular weight is 122 g/mol. The molecule has 0 saturated heterocycles. The monoisotopic (exact) mass is 122 g/mol. The summed E-state index contributed by atoms with van der Waals surface area (Å²) < 4.78 is 0. The lowest BCUT2D eigenvalue weighted by molar-refractivity contribution is 0.434. The Morgan fingerprint density at radius 1 is 1.44 bits per heavy atom. The van der Waals surface area contributed by atoms with Crippen LogP contribution in [0.1, 0.15) is 6.92 Å². The van der Waals surface area contributed by atoms with Gasteiger partial charge < -0.3 is 5.11 Å². The van der Waals surface area contributed by atoms with Gasteiger partial charge in [0.1, 0.15) is 13.6 Å². The molecule has 0 unspecified atom stereocenters. The second kappa shape index (κ2) is 5.23. The molecule has 0 rings (SSSR count). The number of aliphatic hydroxyl groups is 1. The van der Waals surface area contributed by atoms with Crippen LogP contribution in [0.5, 0.6) is 0 Å². The van der Waals surface area contributed by atoms with E-state index in [9.17, 15) is 0 Å². The van der Waals surface area contributed by atoms with Gasteiger partial charge in [0.2, 0.25) is 0 Å².